The summed E-state index contributed by atoms with van der Waals surface area (Å²) in [7, 11) is 0. The maximum atomic E-state index is 11.7. The van der Waals surface area contributed by atoms with E-state index in [0.717, 1.165) is 10.8 Å². The summed E-state index contributed by atoms with van der Waals surface area (Å²) < 4.78 is 0.774. The van der Waals surface area contributed by atoms with Gasteiger partial charge in [-0.15, -0.1) is 0 Å². The lowest BCUT2D eigenvalue weighted by atomic mass is 9.99. The molecule has 0 fully saturated rings. The van der Waals surface area contributed by atoms with Gasteiger partial charge in [-0.1, -0.05) is 36.4 Å². The Bertz CT molecular complexity index is 1050. The number of phenolic OH excluding ortho intramolecular Hbond substituents is 1. The van der Waals surface area contributed by atoms with Crippen LogP contribution >= 0.6 is 31.9 Å². The molecule has 0 aliphatic heterocycles. The van der Waals surface area contributed by atoms with Crippen LogP contribution in [0.1, 0.15) is 11.1 Å². The van der Waals surface area contributed by atoms with Crippen molar-refractivity contribution in [2.45, 2.75) is 0 Å². The molecule has 0 spiro atoms. The minimum absolute atomic E-state index is 0.00354. The number of aromatic hydroxyl groups is 1. The molecule has 0 radical (unpaired) electrons. The van der Waals surface area contributed by atoms with Gasteiger partial charge in [0.2, 0.25) is 0 Å². The summed E-state index contributed by atoms with van der Waals surface area (Å²) in [6.45, 7) is 0. The monoisotopic (exact) mass is 475 g/mol. The van der Waals surface area contributed by atoms with E-state index in [1.54, 1.807) is 18.2 Å². The molecule has 3 rings (SSSR count). The number of hydrogen-bond acceptors (Lipinski definition) is 3. The first-order valence-electron chi connectivity index (χ1n) is 7.40. The summed E-state index contributed by atoms with van der Waals surface area (Å²) in [5, 5.41) is 20.8. The van der Waals surface area contributed by atoms with Gasteiger partial charge in [0.15, 0.2) is 0 Å². The Morgan fingerprint density at radius 1 is 0.846 bits per heavy atom. The molecule has 0 aliphatic rings. The maximum absolute atomic E-state index is 11.7. The van der Waals surface area contributed by atoms with Crippen molar-refractivity contribution in [1.82, 2.24) is 0 Å². The van der Waals surface area contributed by atoms with E-state index in [-0.39, 0.29) is 11.5 Å². The van der Waals surface area contributed by atoms with Gasteiger partial charge in [0, 0.05) is 11.1 Å². The Kier molecular flexibility index (Phi) is 5.20. The van der Waals surface area contributed by atoms with Crippen molar-refractivity contribution in [2.75, 3.05) is 0 Å². The highest BCUT2D eigenvalue weighted by Crippen LogP contribution is 2.34. The molecule has 0 atom stereocenters. The number of hydrogen-bond donors (Lipinski definition) is 2. The zero-order valence-corrected chi connectivity index (χ0v) is 16.3. The standard InChI is InChI=1S/C19H11Br2NO4/c20-14-8-13(9-15(21)17(14)23)16(22-18(24)19(25)26)12-6-5-10-3-1-2-4-11(10)7-12/h1-9,23H,(H,25,26). The van der Waals surface area contributed by atoms with Crippen molar-refractivity contribution < 1.29 is 19.8 Å². The minimum Gasteiger partial charge on any atom is -0.506 e. The van der Waals surface area contributed by atoms with Crippen molar-refractivity contribution in [3.8, 4) is 5.75 Å². The topological polar surface area (TPSA) is 87.0 Å². The Hall–Kier alpha value is -2.51. The van der Waals surface area contributed by atoms with Gasteiger partial charge < -0.3 is 10.2 Å². The predicted octanol–water partition coefficient (Wildman–Crippen LogP) is 4.52. The lowest BCUT2D eigenvalue weighted by molar-refractivity contribution is -0.148. The van der Waals surface area contributed by atoms with Crippen LogP contribution < -0.4 is 0 Å². The number of aliphatic imine (C=N–C) groups is 1. The molecule has 0 bridgehead atoms. The molecule has 0 saturated carbocycles. The summed E-state index contributed by atoms with van der Waals surface area (Å²) >= 11 is 6.47. The first kappa shape index (κ1) is 18.3. The smallest absolute Gasteiger partial charge is 0.396 e. The zero-order chi connectivity index (χ0) is 18.8. The molecule has 5 nitrogen and oxygen atoms in total. The Labute approximate surface area is 165 Å². The molecular weight excluding hydrogens is 466 g/mol. The van der Waals surface area contributed by atoms with E-state index in [0.29, 0.717) is 20.1 Å². The van der Waals surface area contributed by atoms with Gasteiger partial charge in [-0.2, -0.15) is 0 Å². The van der Waals surface area contributed by atoms with Crippen molar-refractivity contribution in [3.63, 3.8) is 0 Å². The number of aliphatic carboxylic acids is 1. The van der Waals surface area contributed by atoms with Gasteiger partial charge in [-0.05, 0) is 60.8 Å². The second-order valence-corrected chi connectivity index (χ2v) is 7.13. The summed E-state index contributed by atoms with van der Waals surface area (Å²) in [4.78, 5) is 26.5. The third kappa shape index (κ3) is 3.68. The summed E-state index contributed by atoms with van der Waals surface area (Å²) in [6.07, 6.45) is 0. The normalized spacial score (nSPS) is 11.5. The highest BCUT2D eigenvalue weighted by Gasteiger charge is 2.17. The number of fused-ring (bicyclic) bond motifs is 1. The average Bonchev–Trinajstić information content (AvgIpc) is 2.63. The molecule has 3 aromatic rings. The van der Waals surface area contributed by atoms with E-state index in [1.165, 1.54) is 0 Å². The largest absolute Gasteiger partial charge is 0.506 e. The average molecular weight is 477 g/mol. The highest BCUT2D eigenvalue weighted by molar-refractivity contribution is 9.11. The van der Waals surface area contributed by atoms with Crippen molar-refractivity contribution in [2.24, 2.45) is 4.99 Å². The number of amides is 1. The van der Waals surface area contributed by atoms with Crippen LogP contribution in [0.2, 0.25) is 0 Å². The van der Waals surface area contributed by atoms with Gasteiger partial charge in [0.1, 0.15) is 5.75 Å². The molecular formula is C19H11Br2NO4. The molecule has 2 N–H and O–H groups in total. The molecule has 0 unspecified atom stereocenters. The van der Waals surface area contributed by atoms with Crippen LogP contribution in [0, 0.1) is 0 Å². The second-order valence-electron chi connectivity index (χ2n) is 5.42. The van der Waals surface area contributed by atoms with E-state index >= 15 is 0 Å². The second kappa shape index (κ2) is 7.39. The number of carboxylic acids is 1. The zero-order valence-electron chi connectivity index (χ0n) is 13.1. The number of halogens is 2. The molecule has 0 aliphatic carbocycles. The third-order valence-corrected chi connectivity index (χ3v) is 4.92. The van der Waals surface area contributed by atoms with E-state index < -0.39 is 11.9 Å². The fourth-order valence-corrected chi connectivity index (χ4v) is 3.67. The molecule has 3 aromatic carbocycles. The van der Waals surface area contributed by atoms with Crippen molar-refractivity contribution >= 4 is 60.2 Å². The number of carbonyl (C=O) groups is 2. The van der Waals surface area contributed by atoms with E-state index in [2.05, 4.69) is 36.9 Å². The van der Waals surface area contributed by atoms with Gasteiger partial charge in [0.25, 0.3) is 0 Å². The van der Waals surface area contributed by atoms with Gasteiger partial charge in [-0.25, -0.2) is 9.79 Å². The first-order chi connectivity index (χ1) is 12.4. The molecule has 1 amide bonds. The van der Waals surface area contributed by atoms with Crippen LogP contribution in [0.25, 0.3) is 10.8 Å². The quantitative estimate of drug-likeness (QED) is 0.420. The number of phenols is 1. The Morgan fingerprint density at radius 3 is 2.08 bits per heavy atom. The van der Waals surface area contributed by atoms with Crippen molar-refractivity contribution in [3.05, 3.63) is 74.7 Å². The van der Waals surface area contributed by atoms with E-state index in [9.17, 15) is 14.7 Å². The number of carbonyl (C=O) groups excluding carboxylic acids is 1. The van der Waals surface area contributed by atoms with Gasteiger partial charge in [0.05, 0.1) is 14.7 Å². The van der Waals surface area contributed by atoms with Crippen molar-refractivity contribution in [1.29, 1.82) is 0 Å². The van der Waals surface area contributed by atoms with Crippen LogP contribution in [-0.4, -0.2) is 27.8 Å². The highest BCUT2D eigenvalue weighted by atomic mass is 79.9. The van der Waals surface area contributed by atoms with Gasteiger partial charge >= 0.3 is 11.9 Å². The molecule has 130 valence electrons. The Balaban J connectivity index is 2.23. The number of carboxylic acid groups (broad SMARTS) is 1. The third-order valence-electron chi connectivity index (χ3n) is 3.71. The van der Waals surface area contributed by atoms with E-state index in [1.807, 2.05) is 36.4 Å². The molecule has 26 heavy (non-hydrogen) atoms. The minimum atomic E-state index is -1.64. The number of benzene rings is 3. The SMILES string of the molecule is O=C(O)C(=O)N=C(c1cc(Br)c(O)c(Br)c1)c1ccc2ccccc2c1. The molecule has 0 saturated heterocycles. The summed E-state index contributed by atoms with van der Waals surface area (Å²) in [6, 6.07) is 16.3. The lowest BCUT2D eigenvalue weighted by Crippen LogP contribution is -2.14. The summed E-state index contributed by atoms with van der Waals surface area (Å²) in [5.41, 5.74) is 1.26. The molecule has 0 heterocycles. The Morgan fingerprint density at radius 2 is 1.46 bits per heavy atom. The van der Waals surface area contributed by atoms with Crippen LogP contribution in [0.3, 0.4) is 0 Å². The van der Waals surface area contributed by atoms with Crippen LogP contribution in [0.5, 0.6) is 5.75 Å². The molecule has 7 heteroatoms. The molecule has 0 aromatic heterocycles. The predicted molar refractivity (Wildman–Crippen MR) is 106 cm³/mol. The summed E-state index contributed by atoms with van der Waals surface area (Å²) in [5.74, 6) is -2.91. The van der Waals surface area contributed by atoms with Crippen LogP contribution in [-0.2, 0) is 9.59 Å². The first-order valence-corrected chi connectivity index (χ1v) is 8.99. The fraction of sp³-hybridized carbons (Fsp3) is 0. The maximum Gasteiger partial charge on any atom is 0.396 e. The van der Waals surface area contributed by atoms with Crippen LogP contribution in [0.4, 0.5) is 0 Å². The van der Waals surface area contributed by atoms with Crippen LogP contribution in [0.15, 0.2) is 68.5 Å². The van der Waals surface area contributed by atoms with E-state index in [4.69, 9.17) is 5.11 Å². The van der Waals surface area contributed by atoms with Gasteiger partial charge in [-0.3, -0.25) is 4.79 Å². The number of rotatable bonds is 2. The fourth-order valence-electron chi connectivity index (χ4n) is 2.48. The number of nitrogens with zero attached hydrogens (tertiary/aromatic N) is 1. The lowest BCUT2D eigenvalue weighted by Gasteiger charge is -2.10.